The van der Waals surface area contributed by atoms with Gasteiger partial charge in [0.15, 0.2) is 0 Å². The molecule has 1 aliphatic rings. The average molecular weight is 202 g/mol. The van der Waals surface area contributed by atoms with E-state index >= 15 is 0 Å². The Labute approximate surface area is 87.3 Å². The minimum Gasteiger partial charge on any atom is -0.312 e. The quantitative estimate of drug-likeness (QED) is 0.478. The standard InChI is InChI=1S/C10H22N2S/c1-7(2)11-9-4-5-10(6-9)12-8(3)13/h7-13H,4-6H2,1-3H3. The van der Waals surface area contributed by atoms with Crippen LogP contribution in [0.2, 0.25) is 0 Å². The smallest absolute Gasteiger partial charge is 0.0475 e. The highest BCUT2D eigenvalue weighted by Gasteiger charge is 2.24. The topological polar surface area (TPSA) is 24.1 Å². The third kappa shape index (κ3) is 4.34. The fourth-order valence-corrected chi connectivity index (χ4v) is 2.31. The summed E-state index contributed by atoms with van der Waals surface area (Å²) in [5.74, 6) is 0. The van der Waals surface area contributed by atoms with E-state index in [0.717, 1.165) is 0 Å². The Morgan fingerprint density at radius 2 is 1.62 bits per heavy atom. The summed E-state index contributed by atoms with van der Waals surface area (Å²) in [7, 11) is 0. The van der Waals surface area contributed by atoms with Crippen molar-refractivity contribution in [1.29, 1.82) is 0 Å². The maximum absolute atomic E-state index is 4.34. The molecule has 0 aromatic heterocycles. The first kappa shape index (κ1) is 11.3. The predicted octanol–water partition coefficient (Wildman–Crippen LogP) is 1.77. The molecule has 0 aromatic rings. The number of hydrogen-bond acceptors (Lipinski definition) is 3. The van der Waals surface area contributed by atoms with E-state index in [1.54, 1.807) is 0 Å². The molecule has 13 heavy (non-hydrogen) atoms. The lowest BCUT2D eigenvalue weighted by Crippen LogP contribution is -2.36. The summed E-state index contributed by atoms with van der Waals surface area (Å²) < 4.78 is 0. The van der Waals surface area contributed by atoms with Crippen LogP contribution in [0, 0.1) is 0 Å². The first-order valence-corrected chi connectivity index (χ1v) is 5.79. The van der Waals surface area contributed by atoms with Gasteiger partial charge in [0.1, 0.15) is 0 Å². The number of nitrogens with one attached hydrogen (secondary N) is 2. The van der Waals surface area contributed by atoms with Crippen molar-refractivity contribution in [2.75, 3.05) is 0 Å². The molecule has 0 bridgehead atoms. The molecule has 3 atom stereocenters. The molecule has 1 fully saturated rings. The van der Waals surface area contributed by atoms with Gasteiger partial charge in [-0.1, -0.05) is 13.8 Å². The number of thiol groups is 1. The van der Waals surface area contributed by atoms with Gasteiger partial charge >= 0.3 is 0 Å². The summed E-state index contributed by atoms with van der Waals surface area (Å²) in [5, 5.41) is 7.37. The lowest BCUT2D eigenvalue weighted by atomic mass is 10.2. The van der Waals surface area contributed by atoms with Gasteiger partial charge in [0, 0.05) is 23.5 Å². The van der Waals surface area contributed by atoms with Crippen molar-refractivity contribution in [2.45, 2.75) is 63.5 Å². The largest absolute Gasteiger partial charge is 0.312 e. The predicted molar refractivity (Wildman–Crippen MR) is 61.3 cm³/mol. The molecule has 1 aliphatic carbocycles. The molecule has 1 rings (SSSR count). The summed E-state index contributed by atoms with van der Waals surface area (Å²) in [6.07, 6.45) is 3.84. The van der Waals surface area contributed by atoms with Gasteiger partial charge in [0.05, 0.1) is 0 Å². The summed E-state index contributed by atoms with van der Waals surface area (Å²) in [5.41, 5.74) is 0. The van der Waals surface area contributed by atoms with E-state index in [9.17, 15) is 0 Å². The van der Waals surface area contributed by atoms with Crippen LogP contribution in [0.3, 0.4) is 0 Å². The molecule has 0 aliphatic heterocycles. The number of rotatable bonds is 4. The van der Waals surface area contributed by atoms with Gasteiger partial charge in [0.25, 0.3) is 0 Å². The van der Waals surface area contributed by atoms with Crippen LogP contribution in [0.1, 0.15) is 40.0 Å². The van der Waals surface area contributed by atoms with Gasteiger partial charge in [-0.25, -0.2) is 0 Å². The van der Waals surface area contributed by atoms with E-state index in [2.05, 4.69) is 44.0 Å². The Morgan fingerprint density at radius 1 is 1.08 bits per heavy atom. The molecule has 0 heterocycles. The molecule has 2 N–H and O–H groups in total. The van der Waals surface area contributed by atoms with Crippen molar-refractivity contribution >= 4 is 12.6 Å². The number of hydrogen-bond donors (Lipinski definition) is 3. The van der Waals surface area contributed by atoms with E-state index in [4.69, 9.17) is 0 Å². The van der Waals surface area contributed by atoms with E-state index < -0.39 is 0 Å². The highest BCUT2D eigenvalue weighted by atomic mass is 32.1. The van der Waals surface area contributed by atoms with Crippen molar-refractivity contribution in [3.63, 3.8) is 0 Å². The van der Waals surface area contributed by atoms with Gasteiger partial charge in [-0.2, -0.15) is 12.6 Å². The molecule has 0 aromatic carbocycles. The zero-order chi connectivity index (χ0) is 9.84. The van der Waals surface area contributed by atoms with E-state index in [-0.39, 0.29) is 0 Å². The minimum atomic E-state index is 0.322. The second-order valence-electron chi connectivity index (χ2n) is 4.37. The zero-order valence-corrected chi connectivity index (χ0v) is 9.77. The lowest BCUT2D eigenvalue weighted by Gasteiger charge is -2.17. The van der Waals surface area contributed by atoms with Gasteiger partial charge in [-0.05, 0) is 26.2 Å². The molecule has 78 valence electrons. The van der Waals surface area contributed by atoms with E-state index in [1.807, 2.05) is 0 Å². The molecular formula is C10H22N2S. The fraction of sp³-hybridized carbons (Fsp3) is 1.00. The molecule has 2 nitrogen and oxygen atoms in total. The van der Waals surface area contributed by atoms with E-state index in [0.29, 0.717) is 23.5 Å². The van der Waals surface area contributed by atoms with Crippen LogP contribution in [0.4, 0.5) is 0 Å². The van der Waals surface area contributed by atoms with Crippen LogP contribution < -0.4 is 10.6 Å². The van der Waals surface area contributed by atoms with Gasteiger partial charge in [-0.15, -0.1) is 0 Å². The Morgan fingerprint density at radius 3 is 2.08 bits per heavy atom. The van der Waals surface area contributed by atoms with Gasteiger partial charge < -0.3 is 10.6 Å². The minimum absolute atomic E-state index is 0.322. The van der Waals surface area contributed by atoms with E-state index in [1.165, 1.54) is 19.3 Å². The molecule has 3 heteroatoms. The third-order valence-corrected chi connectivity index (χ3v) is 2.63. The second kappa shape index (κ2) is 5.23. The molecule has 0 radical (unpaired) electrons. The zero-order valence-electron chi connectivity index (χ0n) is 8.88. The van der Waals surface area contributed by atoms with Crippen molar-refractivity contribution < 1.29 is 0 Å². The first-order chi connectivity index (χ1) is 6.08. The van der Waals surface area contributed by atoms with Gasteiger partial charge in [-0.3, -0.25) is 0 Å². The van der Waals surface area contributed by atoms with Crippen LogP contribution in [-0.4, -0.2) is 23.5 Å². The van der Waals surface area contributed by atoms with Crippen LogP contribution in [0.15, 0.2) is 0 Å². The molecule has 3 unspecified atom stereocenters. The lowest BCUT2D eigenvalue weighted by molar-refractivity contribution is 0.450. The normalized spacial score (nSPS) is 31.2. The first-order valence-electron chi connectivity index (χ1n) is 5.28. The summed E-state index contributed by atoms with van der Waals surface area (Å²) in [4.78, 5) is 0. The van der Waals surface area contributed by atoms with Crippen molar-refractivity contribution in [3.05, 3.63) is 0 Å². The Bertz CT molecular complexity index is 132. The van der Waals surface area contributed by atoms with Crippen LogP contribution in [0.25, 0.3) is 0 Å². The third-order valence-electron chi connectivity index (χ3n) is 2.48. The molecular weight excluding hydrogens is 180 g/mol. The maximum atomic E-state index is 4.34. The van der Waals surface area contributed by atoms with Crippen LogP contribution in [-0.2, 0) is 0 Å². The Hall–Kier alpha value is 0.270. The SMILES string of the molecule is CC(C)NC1CCC(NC(C)S)C1. The Kier molecular flexibility index (Phi) is 4.56. The van der Waals surface area contributed by atoms with Crippen LogP contribution in [0.5, 0.6) is 0 Å². The molecule has 1 saturated carbocycles. The second-order valence-corrected chi connectivity index (χ2v) is 5.15. The van der Waals surface area contributed by atoms with Crippen LogP contribution >= 0.6 is 12.6 Å². The highest BCUT2D eigenvalue weighted by Crippen LogP contribution is 2.20. The molecule has 0 spiro atoms. The summed E-state index contributed by atoms with van der Waals surface area (Å²) in [6.45, 7) is 6.51. The molecule has 0 amide bonds. The monoisotopic (exact) mass is 202 g/mol. The fourth-order valence-electron chi connectivity index (χ4n) is 2.10. The van der Waals surface area contributed by atoms with Crippen molar-refractivity contribution in [3.8, 4) is 0 Å². The summed E-state index contributed by atoms with van der Waals surface area (Å²) >= 11 is 4.34. The van der Waals surface area contributed by atoms with Crippen molar-refractivity contribution in [1.82, 2.24) is 10.6 Å². The Balaban J connectivity index is 2.20. The average Bonchev–Trinajstić information content (AvgIpc) is 2.33. The van der Waals surface area contributed by atoms with Crippen molar-refractivity contribution in [2.24, 2.45) is 0 Å². The summed E-state index contributed by atoms with van der Waals surface area (Å²) in [6, 6.07) is 1.99. The van der Waals surface area contributed by atoms with Gasteiger partial charge in [0.2, 0.25) is 0 Å². The highest BCUT2D eigenvalue weighted by molar-refractivity contribution is 7.80. The molecule has 0 saturated heterocycles. The maximum Gasteiger partial charge on any atom is 0.0475 e.